The van der Waals surface area contributed by atoms with Gasteiger partial charge < -0.3 is 5.32 Å². The van der Waals surface area contributed by atoms with Gasteiger partial charge in [-0.15, -0.1) is 16.4 Å². The fourth-order valence-electron chi connectivity index (χ4n) is 2.56. The molecule has 1 amide bonds. The molecule has 0 aliphatic rings. The Balaban J connectivity index is 1.55. The molecule has 3 heterocycles. The van der Waals surface area contributed by atoms with Crippen molar-refractivity contribution in [1.29, 1.82) is 0 Å². The third-order valence-electron chi connectivity index (χ3n) is 4.00. The molecule has 8 nitrogen and oxygen atoms in total. The van der Waals surface area contributed by atoms with E-state index in [9.17, 15) is 4.79 Å². The molecule has 0 aliphatic carbocycles. The number of aromatic nitrogens is 6. The van der Waals surface area contributed by atoms with Crippen LogP contribution in [0.25, 0.3) is 10.2 Å². The Morgan fingerprint density at radius 3 is 2.85 bits per heavy atom. The lowest BCUT2D eigenvalue weighted by molar-refractivity contribution is 0.102. The highest BCUT2D eigenvalue weighted by molar-refractivity contribution is 7.18. The number of anilines is 1. The minimum absolute atomic E-state index is 0.289. The summed E-state index contributed by atoms with van der Waals surface area (Å²) < 4.78 is 11.1. The number of nitrogens with one attached hydrogen (secondary N) is 1. The van der Waals surface area contributed by atoms with Gasteiger partial charge in [0.25, 0.3) is 5.91 Å². The van der Waals surface area contributed by atoms with Crippen LogP contribution in [0.1, 0.15) is 32.6 Å². The van der Waals surface area contributed by atoms with Crippen LogP contribution in [-0.4, -0.2) is 34.6 Å². The molecule has 0 saturated carbocycles. The van der Waals surface area contributed by atoms with Gasteiger partial charge in [0.05, 0.1) is 50.6 Å². The van der Waals surface area contributed by atoms with E-state index in [2.05, 4.69) is 29.4 Å². The Labute approximate surface area is 157 Å². The van der Waals surface area contributed by atoms with Crippen molar-refractivity contribution in [2.45, 2.75) is 27.3 Å². The molecular weight excluding hydrogens is 370 g/mol. The number of nitrogens with zero attached hydrogens (tertiary/aromatic N) is 6. The van der Waals surface area contributed by atoms with E-state index in [4.69, 9.17) is 0 Å². The zero-order chi connectivity index (χ0) is 18.3. The summed E-state index contributed by atoms with van der Waals surface area (Å²) in [6, 6.07) is 5.65. The SMILES string of the molecule is Cc1nc2ccc(NC(=O)c3nnn(Cc4nsnc4C)c3C)cc2s1. The Kier molecular flexibility index (Phi) is 4.21. The highest BCUT2D eigenvalue weighted by Gasteiger charge is 2.18. The zero-order valence-electron chi connectivity index (χ0n) is 14.3. The fraction of sp³-hybridized carbons (Fsp3) is 0.250. The van der Waals surface area contributed by atoms with Crippen LogP contribution in [0.3, 0.4) is 0 Å². The second-order valence-electron chi connectivity index (χ2n) is 5.85. The molecule has 0 aliphatic heterocycles. The van der Waals surface area contributed by atoms with E-state index < -0.39 is 0 Å². The number of fused-ring (bicyclic) bond motifs is 1. The number of carbonyl (C=O) groups is 1. The van der Waals surface area contributed by atoms with Crippen molar-refractivity contribution in [2.75, 3.05) is 5.32 Å². The Morgan fingerprint density at radius 1 is 1.23 bits per heavy atom. The Bertz CT molecular complexity index is 1110. The molecule has 10 heteroatoms. The molecule has 1 N–H and O–H groups in total. The van der Waals surface area contributed by atoms with Gasteiger partial charge in [-0.3, -0.25) is 4.79 Å². The topological polar surface area (TPSA) is 98.5 Å². The van der Waals surface area contributed by atoms with Crippen LogP contribution in [0.2, 0.25) is 0 Å². The fourth-order valence-corrected chi connectivity index (χ4v) is 3.99. The highest BCUT2D eigenvalue weighted by Crippen LogP contribution is 2.25. The molecule has 26 heavy (non-hydrogen) atoms. The molecule has 0 bridgehead atoms. The first kappa shape index (κ1) is 16.7. The molecule has 1 aromatic carbocycles. The lowest BCUT2D eigenvalue weighted by Crippen LogP contribution is -2.14. The normalized spacial score (nSPS) is 11.2. The molecular formula is C16H15N7OS2. The third-order valence-corrected chi connectivity index (χ3v) is 5.59. The first-order chi connectivity index (χ1) is 12.5. The summed E-state index contributed by atoms with van der Waals surface area (Å²) in [5.41, 5.74) is 4.32. The number of rotatable bonds is 4. The summed E-state index contributed by atoms with van der Waals surface area (Å²) in [5, 5.41) is 12.0. The average molecular weight is 385 g/mol. The van der Waals surface area contributed by atoms with Crippen molar-refractivity contribution < 1.29 is 4.79 Å². The summed E-state index contributed by atoms with van der Waals surface area (Å²) >= 11 is 2.76. The van der Waals surface area contributed by atoms with E-state index in [0.29, 0.717) is 23.6 Å². The van der Waals surface area contributed by atoms with Crippen molar-refractivity contribution in [1.82, 2.24) is 28.7 Å². The molecule has 4 rings (SSSR count). The Morgan fingerprint density at radius 2 is 2.08 bits per heavy atom. The molecule has 0 saturated heterocycles. The van der Waals surface area contributed by atoms with Crippen LogP contribution in [-0.2, 0) is 6.54 Å². The van der Waals surface area contributed by atoms with Crippen LogP contribution >= 0.6 is 23.1 Å². The van der Waals surface area contributed by atoms with Crippen LogP contribution in [0, 0.1) is 20.8 Å². The van der Waals surface area contributed by atoms with Gasteiger partial charge in [0, 0.05) is 5.69 Å². The largest absolute Gasteiger partial charge is 0.320 e. The standard InChI is InChI=1S/C16H15N7OS2/c1-8-13(21-26-20-8)7-23-9(2)15(19-22-23)16(24)18-11-4-5-12-14(6-11)25-10(3)17-12/h4-6H,7H2,1-3H3,(H,18,24). The minimum atomic E-state index is -0.289. The van der Waals surface area contributed by atoms with E-state index in [-0.39, 0.29) is 5.91 Å². The molecule has 3 aromatic heterocycles. The van der Waals surface area contributed by atoms with E-state index in [1.54, 1.807) is 16.0 Å². The smallest absolute Gasteiger partial charge is 0.278 e. The van der Waals surface area contributed by atoms with Crippen molar-refractivity contribution in [3.05, 3.63) is 46.0 Å². The monoisotopic (exact) mass is 385 g/mol. The van der Waals surface area contributed by atoms with Crippen LogP contribution in [0.5, 0.6) is 0 Å². The number of carbonyl (C=O) groups excluding carboxylic acids is 1. The first-order valence-corrected chi connectivity index (χ1v) is 9.42. The number of aryl methyl sites for hydroxylation is 2. The van der Waals surface area contributed by atoms with E-state index >= 15 is 0 Å². The highest BCUT2D eigenvalue weighted by atomic mass is 32.1. The van der Waals surface area contributed by atoms with Crippen molar-refractivity contribution >= 4 is 44.9 Å². The molecule has 0 spiro atoms. The van der Waals surface area contributed by atoms with Crippen molar-refractivity contribution in [3.8, 4) is 0 Å². The lowest BCUT2D eigenvalue weighted by atomic mass is 10.2. The van der Waals surface area contributed by atoms with Crippen LogP contribution < -0.4 is 5.32 Å². The molecule has 0 unspecified atom stereocenters. The minimum Gasteiger partial charge on any atom is -0.320 e. The molecule has 132 valence electrons. The molecule has 0 radical (unpaired) electrons. The number of benzene rings is 1. The Hall–Kier alpha value is -2.72. The third kappa shape index (κ3) is 3.08. The zero-order valence-corrected chi connectivity index (χ0v) is 16.0. The van der Waals surface area contributed by atoms with Gasteiger partial charge in [-0.05, 0) is 39.0 Å². The maximum Gasteiger partial charge on any atom is 0.278 e. The summed E-state index contributed by atoms with van der Waals surface area (Å²) in [5.74, 6) is -0.289. The maximum absolute atomic E-state index is 12.6. The van der Waals surface area contributed by atoms with Gasteiger partial charge in [-0.1, -0.05) is 5.21 Å². The number of hydrogen-bond acceptors (Lipinski definition) is 8. The van der Waals surface area contributed by atoms with Crippen molar-refractivity contribution in [3.63, 3.8) is 0 Å². The second-order valence-corrected chi connectivity index (χ2v) is 7.61. The summed E-state index contributed by atoms with van der Waals surface area (Å²) in [4.78, 5) is 17.0. The number of amides is 1. The van der Waals surface area contributed by atoms with E-state index in [1.807, 2.05) is 39.0 Å². The van der Waals surface area contributed by atoms with E-state index in [0.717, 1.165) is 38.3 Å². The quantitative estimate of drug-likeness (QED) is 0.580. The van der Waals surface area contributed by atoms with Gasteiger partial charge in [-0.25, -0.2) is 9.67 Å². The predicted octanol–water partition coefficient (Wildman–Crippen LogP) is 2.97. The van der Waals surface area contributed by atoms with Gasteiger partial charge in [0.15, 0.2) is 5.69 Å². The molecule has 4 aromatic rings. The lowest BCUT2D eigenvalue weighted by Gasteiger charge is -2.04. The summed E-state index contributed by atoms with van der Waals surface area (Å²) in [6.07, 6.45) is 0. The van der Waals surface area contributed by atoms with Crippen LogP contribution in [0.4, 0.5) is 5.69 Å². The average Bonchev–Trinajstić information content (AvgIpc) is 3.27. The molecule has 0 fully saturated rings. The first-order valence-electron chi connectivity index (χ1n) is 7.88. The number of thiazole rings is 1. The molecule has 0 atom stereocenters. The summed E-state index contributed by atoms with van der Waals surface area (Å²) in [6.45, 7) is 6.13. The van der Waals surface area contributed by atoms with Gasteiger partial charge in [0.1, 0.15) is 0 Å². The van der Waals surface area contributed by atoms with Gasteiger partial charge in [0.2, 0.25) is 0 Å². The summed E-state index contributed by atoms with van der Waals surface area (Å²) in [7, 11) is 0. The maximum atomic E-state index is 12.6. The second kappa shape index (κ2) is 6.54. The van der Waals surface area contributed by atoms with Crippen LogP contribution in [0.15, 0.2) is 18.2 Å². The van der Waals surface area contributed by atoms with Gasteiger partial charge >= 0.3 is 0 Å². The van der Waals surface area contributed by atoms with Crippen molar-refractivity contribution in [2.24, 2.45) is 0 Å². The predicted molar refractivity (Wildman–Crippen MR) is 101 cm³/mol. The number of hydrogen-bond donors (Lipinski definition) is 1. The van der Waals surface area contributed by atoms with E-state index in [1.165, 1.54) is 0 Å². The van der Waals surface area contributed by atoms with Gasteiger partial charge in [-0.2, -0.15) is 8.75 Å².